The Balaban J connectivity index is 2.01. The van der Waals surface area contributed by atoms with E-state index in [2.05, 4.69) is 27.1 Å². The van der Waals surface area contributed by atoms with Gasteiger partial charge in [-0.3, -0.25) is 0 Å². The van der Waals surface area contributed by atoms with Gasteiger partial charge in [-0.15, -0.1) is 0 Å². The third-order valence-corrected chi connectivity index (χ3v) is 3.88. The van der Waals surface area contributed by atoms with Gasteiger partial charge in [0, 0.05) is 22.5 Å². The molecule has 4 heteroatoms. The van der Waals surface area contributed by atoms with Crippen LogP contribution in [-0.2, 0) is 5.33 Å². The highest BCUT2D eigenvalue weighted by atomic mass is 79.9. The molecule has 88 valence electrons. The topological polar surface area (TPSA) is 17.8 Å². The van der Waals surface area contributed by atoms with Crippen molar-refractivity contribution in [3.8, 4) is 5.69 Å². The van der Waals surface area contributed by atoms with Crippen molar-refractivity contribution >= 4 is 27.5 Å². The predicted molar refractivity (Wildman–Crippen MR) is 73.2 cm³/mol. The van der Waals surface area contributed by atoms with E-state index in [1.807, 2.05) is 29.1 Å². The molecule has 1 fully saturated rings. The van der Waals surface area contributed by atoms with Crippen molar-refractivity contribution in [2.45, 2.75) is 24.1 Å². The lowest BCUT2D eigenvalue weighted by molar-refractivity contribution is 0.831. The van der Waals surface area contributed by atoms with Gasteiger partial charge in [0.1, 0.15) is 0 Å². The second kappa shape index (κ2) is 4.46. The molecule has 1 aliphatic rings. The smallest absolute Gasteiger partial charge is 0.0687 e. The Hall–Kier alpha value is -0.800. The minimum atomic E-state index is 0.691. The molecule has 3 rings (SSSR count). The number of alkyl halides is 1. The Morgan fingerprint density at radius 2 is 2.18 bits per heavy atom. The van der Waals surface area contributed by atoms with Gasteiger partial charge in [0.05, 0.1) is 11.4 Å². The molecule has 1 saturated carbocycles. The molecule has 2 nitrogen and oxygen atoms in total. The first-order valence-electron chi connectivity index (χ1n) is 5.68. The van der Waals surface area contributed by atoms with Crippen LogP contribution in [-0.4, -0.2) is 9.78 Å². The quantitative estimate of drug-likeness (QED) is 0.773. The normalized spacial score (nSPS) is 15.2. The summed E-state index contributed by atoms with van der Waals surface area (Å²) >= 11 is 9.49. The van der Waals surface area contributed by atoms with Crippen molar-refractivity contribution in [1.82, 2.24) is 9.78 Å². The highest BCUT2D eigenvalue weighted by Crippen LogP contribution is 2.39. The maximum absolute atomic E-state index is 6.00. The van der Waals surface area contributed by atoms with Crippen LogP contribution in [0.5, 0.6) is 0 Å². The van der Waals surface area contributed by atoms with E-state index in [9.17, 15) is 0 Å². The highest BCUT2D eigenvalue weighted by molar-refractivity contribution is 9.08. The van der Waals surface area contributed by atoms with E-state index in [1.165, 1.54) is 18.5 Å². The molecule has 0 unspecified atom stereocenters. The monoisotopic (exact) mass is 310 g/mol. The van der Waals surface area contributed by atoms with E-state index in [1.54, 1.807) is 0 Å². The van der Waals surface area contributed by atoms with E-state index < -0.39 is 0 Å². The molecule has 2 aromatic rings. The zero-order chi connectivity index (χ0) is 11.8. The van der Waals surface area contributed by atoms with Gasteiger partial charge >= 0.3 is 0 Å². The average molecular weight is 312 g/mol. The standard InChI is InChI=1S/C13H12BrClN2/c14-8-10-7-11(15)3-4-13(10)17-6-5-12(16-17)9-1-2-9/h3-7,9H,1-2,8H2. The molecule has 1 aromatic heterocycles. The van der Waals surface area contributed by atoms with Gasteiger partial charge in [-0.1, -0.05) is 27.5 Å². The lowest BCUT2D eigenvalue weighted by Crippen LogP contribution is -1.99. The largest absolute Gasteiger partial charge is 0.240 e. The molecule has 0 radical (unpaired) electrons. The molecule has 1 aliphatic carbocycles. The van der Waals surface area contributed by atoms with Gasteiger partial charge in [0.25, 0.3) is 0 Å². The van der Waals surface area contributed by atoms with Crippen LogP contribution in [0, 0.1) is 0 Å². The minimum Gasteiger partial charge on any atom is -0.240 e. The Morgan fingerprint density at radius 3 is 2.88 bits per heavy atom. The maximum atomic E-state index is 6.00. The van der Waals surface area contributed by atoms with E-state index in [4.69, 9.17) is 11.6 Å². The van der Waals surface area contributed by atoms with Crippen LogP contribution in [0.3, 0.4) is 0 Å². The highest BCUT2D eigenvalue weighted by Gasteiger charge is 2.26. The van der Waals surface area contributed by atoms with E-state index in [0.717, 1.165) is 21.6 Å². The number of aromatic nitrogens is 2. The Labute approximate surface area is 114 Å². The third-order valence-electron chi connectivity index (χ3n) is 3.04. The zero-order valence-corrected chi connectivity index (χ0v) is 11.6. The molecule has 1 aromatic carbocycles. The van der Waals surface area contributed by atoms with Gasteiger partial charge in [-0.05, 0) is 42.7 Å². The van der Waals surface area contributed by atoms with Crippen molar-refractivity contribution < 1.29 is 0 Å². The molecule has 0 saturated heterocycles. The molecule has 1 heterocycles. The van der Waals surface area contributed by atoms with Crippen molar-refractivity contribution in [2.75, 3.05) is 0 Å². The van der Waals surface area contributed by atoms with Crippen LogP contribution >= 0.6 is 27.5 Å². The number of benzene rings is 1. The number of rotatable bonds is 3. The summed E-state index contributed by atoms with van der Waals surface area (Å²) in [4.78, 5) is 0. The Kier molecular flexibility index (Phi) is 2.97. The summed E-state index contributed by atoms with van der Waals surface area (Å²) in [6.45, 7) is 0. The van der Waals surface area contributed by atoms with Gasteiger partial charge in [-0.25, -0.2) is 4.68 Å². The first kappa shape index (κ1) is 11.3. The van der Waals surface area contributed by atoms with Gasteiger partial charge in [0.2, 0.25) is 0 Å². The van der Waals surface area contributed by atoms with Crippen LogP contribution in [0.1, 0.15) is 30.0 Å². The summed E-state index contributed by atoms with van der Waals surface area (Å²) in [6.07, 6.45) is 4.59. The second-order valence-corrected chi connectivity index (χ2v) is 5.36. The third kappa shape index (κ3) is 2.26. The van der Waals surface area contributed by atoms with Crippen molar-refractivity contribution in [3.05, 3.63) is 46.7 Å². The average Bonchev–Trinajstić information content (AvgIpc) is 3.08. The molecule has 0 N–H and O–H groups in total. The van der Waals surface area contributed by atoms with Gasteiger partial charge in [-0.2, -0.15) is 5.10 Å². The number of halogens is 2. The molecular formula is C13H12BrClN2. The van der Waals surface area contributed by atoms with E-state index in [-0.39, 0.29) is 0 Å². The van der Waals surface area contributed by atoms with Crippen LogP contribution < -0.4 is 0 Å². The minimum absolute atomic E-state index is 0.691. The molecule has 0 bridgehead atoms. The van der Waals surface area contributed by atoms with E-state index >= 15 is 0 Å². The fraction of sp³-hybridized carbons (Fsp3) is 0.308. The molecule has 0 spiro atoms. The summed E-state index contributed by atoms with van der Waals surface area (Å²) in [5.74, 6) is 0.691. The summed E-state index contributed by atoms with van der Waals surface area (Å²) in [5, 5.41) is 6.17. The second-order valence-electron chi connectivity index (χ2n) is 4.37. The number of hydrogen-bond acceptors (Lipinski definition) is 1. The molecular weight excluding hydrogens is 300 g/mol. The Morgan fingerprint density at radius 1 is 1.35 bits per heavy atom. The van der Waals surface area contributed by atoms with Crippen molar-refractivity contribution in [3.63, 3.8) is 0 Å². The Bertz CT molecular complexity index is 546. The van der Waals surface area contributed by atoms with Crippen LogP contribution in [0.25, 0.3) is 5.69 Å². The first-order valence-corrected chi connectivity index (χ1v) is 7.18. The maximum Gasteiger partial charge on any atom is 0.0687 e. The van der Waals surface area contributed by atoms with Gasteiger partial charge in [0.15, 0.2) is 0 Å². The van der Waals surface area contributed by atoms with Crippen LogP contribution in [0.4, 0.5) is 0 Å². The SMILES string of the molecule is Clc1ccc(-n2ccc(C3CC3)n2)c(CBr)c1. The van der Waals surface area contributed by atoms with Gasteiger partial charge < -0.3 is 0 Å². The van der Waals surface area contributed by atoms with Crippen LogP contribution in [0.15, 0.2) is 30.5 Å². The van der Waals surface area contributed by atoms with E-state index in [0.29, 0.717) is 5.92 Å². The summed E-state index contributed by atoms with van der Waals surface area (Å²) in [5.41, 5.74) is 3.46. The lowest BCUT2D eigenvalue weighted by Gasteiger charge is -2.07. The number of nitrogens with zero attached hydrogens (tertiary/aromatic N) is 2. The number of hydrogen-bond donors (Lipinski definition) is 0. The van der Waals surface area contributed by atoms with Crippen LogP contribution in [0.2, 0.25) is 5.02 Å². The zero-order valence-electron chi connectivity index (χ0n) is 9.24. The summed E-state index contributed by atoms with van der Waals surface area (Å²) in [6, 6.07) is 8.01. The fourth-order valence-corrected chi connectivity index (χ4v) is 2.60. The fourth-order valence-electron chi connectivity index (χ4n) is 1.95. The van der Waals surface area contributed by atoms with Crippen molar-refractivity contribution in [2.24, 2.45) is 0 Å². The molecule has 17 heavy (non-hydrogen) atoms. The van der Waals surface area contributed by atoms with Crippen molar-refractivity contribution in [1.29, 1.82) is 0 Å². The predicted octanol–water partition coefficient (Wildman–Crippen LogP) is 4.30. The molecule has 0 amide bonds. The first-order chi connectivity index (χ1) is 8.28. The summed E-state index contributed by atoms with van der Waals surface area (Å²) in [7, 11) is 0. The summed E-state index contributed by atoms with van der Waals surface area (Å²) < 4.78 is 1.95. The molecule has 0 atom stereocenters. The molecule has 0 aliphatic heterocycles. The lowest BCUT2D eigenvalue weighted by atomic mass is 10.2.